The van der Waals surface area contributed by atoms with E-state index in [4.69, 9.17) is 4.74 Å². The first-order valence-electron chi connectivity index (χ1n) is 7.79. The smallest absolute Gasteiger partial charge is 0.219 e. The summed E-state index contributed by atoms with van der Waals surface area (Å²) >= 11 is 3.38. The van der Waals surface area contributed by atoms with Crippen LogP contribution in [0.3, 0.4) is 0 Å². The summed E-state index contributed by atoms with van der Waals surface area (Å²) < 4.78 is 19.6. The van der Waals surface area contributed by atoms with Crippen LogP contribution in [-0.2, 0) is 6.54 Å². The third kappa shape index (κ3) is 3.80. The quantitative estimate of drug-likeness (QED) is 0.497. The Labute approximate surface area is 156 Å². The summed E-state index contributed by atoms with van der Waals surface area (Å²) in [6.45, 7) is 0.536. The first-order chi connectivity index (χ1) is 12.7. The molecule has 0 unspecified atom stereocenters. The molecule has 0 saturated carbocycles. The van der Waals surface area contributed by atoms with Gasteiger partial charge in [0.2, 0.25) is 11.8 Å². The number of hydrogen-bond acceptors (Lipinski definition) is 5. The highest BCUT2D eigenvalue weighted by Crippen LogP contribution is 2.21. The molecule has 3 heterocycles. The lowest BCUT2D eigenvalue weighted by molar-refractivity contribution is 0.458. The number of pyridine rings is 2. The van der Waals surface area contributed by atoms with Crippen LogP contribution in [0, 0.1) is 5.82 Å². The molecule has 130 valence electrons. The number of rotatable bonds is 5. The predicted molar refractivity (Wildman–Crippen MR) is 99.6 cm³/mol. The first kappa shape index (κ1) is 16.5. The Morgan fingerprint density at radius 2 is 2.04 bits per heavy atom. The Kier molecular flexibility index (Phi) is 4.49. The van der Waals surface area contributed by atoms with Crippen LogP contribution in [0.25, 0.3) is 11.2 Å². The van der Waals surface area contributed by atoms with E-state index in [2.05, 4.69) is 41.2 Å². The van der Waals surface area contributed by atoms with Crippen molar-refractivity contribution in [2.24, 2.45) is 0 Å². The molecular weight excluding hydrogens is 401 g/mol. The van der Waals surface area contributed by atoms with Gasteiger partial charge in [0.25, 0.3) is 0 Å². The van der Waals surface area contributed by atoms with Crippen LogP contribution in [0.15, 0.2) is 59.3 Å². The Bertz CT molecular complexity index is 1050. The highest BCUT2D eigenvalue weighted by atomic mass is 79.9. The third-order valence-electron chi connectivity index (χ3n) is 3.58. The van der Waals surface area contributed by atoms with E-state index < -0.39 is 0 Å². The number of fused-ring (bicyclic) bond motifs is 1. The SMILES string of the molecule is Fc1cccc(Oc2ccc(CNc3nc4ncc(Br)cc4[nH]3)cn2)c1. The van der Waals surface area contributed by atoms with Crippen molar-refractivity contribution < 1.29 is 9.13 Å². The predicted octanol–water partition coefficient (Wildman–Crippen LogP) is 4.66. The molecule has 0 aliphatic carbocycles. The maximum atomic E-state index is 13.2. The molecule has 0 aliphatic heterocycles. The van der Waals surface area contributed by atoms with Crippen molar-refractivity contribution in [3.05, 3.63) is 70.7 Å². The van der Waals surface area contributed by atoms with Crippen LogP contribution in [0.4, 0.5) is 10.3 Å². The number of imidazole rings is 1. The molecule has 0 amide bonds. The van der Waals surface area contributed by atoms with Gasteiger partial charge >= 0.3 is 0 Å². The van der Waals surface area contributed by atoms with Crippen molar-refractivity contribution in [2.45, 2.75) is 6.54 Å². The summed E-state index contributed by atoms with van der Waals surface area (Å²) in [5, 5.41) is 3.19. The number of nitrogens with zero attached hydrogens (tertiary/aromatic N) is 3. The molecule has 0 fully saturated rings. The van der Waals surface area contributed by atoms with Crippen LogP contribution < -0.4 is 10.1 Å². The molecule has 0 spiro atoms. The number of aromatic nitrogens is 4. The summed E-state index contributed by atoms with van der Waals surface area (Å²) in [6.07, 6.45) is 3.40. The zero-order chi connectivity index (χ0) is 17.9. The molecule has 26 heavy (non-hydrogen) atoms. The van der Waals surface area contributed by atoms with Gasteiger partial charge < -0.3 is 15.0 Å². The zero-order valence-electron chi connectivity index (χ0n) is 13.4. The second-order valence-corrected chi connectivity index (χ2v) is 6.44. The number of benzene rings is 1. The molecule has 6 nitrogen and oxygen atoms in total. The first-order valence-corrected chi connectivity index (χ1v) is 8.58. The Balaban J connectivity index is 1.40. The van der Waals surface area contributed by atoms with E-state index in [0.717, 1.165) is 15.6 Å². The normalized spacial score (nSPS) is 10.8. The van der Waals surface area contributed by atoms with Crippen LogP contribution in [0.1, 0.15) is 5.56 Å². The maximum absolute atomic E-state index is 13.2. The molecule has 4 rings (SSSR count). The molecule has 3 aromatic heterocycles. The van der Waals surface area contributed by atoms with Crippen LogP contribution >= 0.6 is 15.9 Å². The number of ether oxygens (including phenoxy) is 1. The minimum absolute atomic E-state index is 0.351. The minimum Gasteiger partial charge on any atom is -0.439 e. The van der Waals surface area contributed by atoms with Gasteiger partial charge in [-0.25, -0.2) is 14.4 Å². The monoisotopic (exact) mass is 413 g/mol. The Morgan fingerprint density at radius 3 is 2.85 bits per heavy atom. The van der Waals surface area contributed by atoms with E-state index in [1.54, 1.807) is 30.6 Å². The van der Waals surface area contributed by atoms with Gasteiger partial charge in [-0.3, -0.25) is 0 Å². The molecule has 2 N–H and O–H groups in total. The molecule has 0 saturated heterocycles. The Hall–Kier alpha value is -3.00. The van der Waals surface area contributed by atoms with Crippen molar-refractivity contribution in [1.29, 1.82) is 0 Å². The standard InChI is InChI=1S/C18H13BrFN5O/c19-12-6-15-17(22-10-12)25-18(24-15)23-9-11-4-5-16(21-8-11)26-14-3-1-2-13(20)7-14/h1-8,10H,9H2,(H2,22,23,24,25). The highest BCUT2D eigenvalue weighted by Gasteiger charge is 2.05. The van der Waals surface area contributed by atoms with E-state index >= 15 is 0 Å². The lowest BCUT2D eigenvalue weighted by atomic mass is 10.3. The summed E-state index contributed by atoms with van der Waals surface area (Å²) in [6, 6.07) is 11.5. The lowest BCUT2D eigenvalue weighted by Crippen LogP contribution is -2.01. The molecular formula is C18H13BrFN5O. The molecule has 4 aromatic rings. The number of nitrogens with one attached hydrogen (secondary N) is 2. The summed E-state index contributed by atoms with van der Waals surface area (Å²) in [4.78, 5) is 16.0. The minimum atomic E-state index is -0.351. The average Bonchev–Trinajstić information content (AvgIpc) is 3.03. The van der Waals surface area contributed by atoms with Gasteiger partial charge in [-0.05, 0) is 39.7 Å². The summed E-state index contributed by atoms with van der Waals surface area (Å²) in [5.41, 5.74) is 2.44. The molecule has 0 bridgehead atoms. The van der Waals surface area contributed by atoms with E-state index in [0.29, 0.717) is 29.8 Å². The van der Waals surface area contributed by atoms with Crippen LogP contribution in [0.2, 0.25) is 0 Å². The van der Waals surface area contributed by atoms with E-state index in [1.165, 1.54) is 12.1 Å². The fraction of sp³-hybridized carbons (Fsp3) is 0.0556. The van der Waals surface area contributed by atoms with Gasteiger partial charge in [0.05, 0.1) is 5.52 Å². The number of H-pyrrole nitrogens is 1. The lowest BCUT2D eigenvalue weighted by Gasteiger charge is -2.06. The van der Waals surface area contributed by atoms with E-state index in [-0.39, 0.29) is 5.82 Å². The molecule has 1 aromatic carbocycles. The molecule has 0 aliphatic rings. The number of aromatic amines is 1. The van der Waals surface area contributed by atoms with E-state index in [9.17, 15) is 4.39 Å². The highest BCUT2D eigenvalue weighted by molar-refractivity contribution is 9.10. The third-order valence-corrected chi connectivity index (χ3v) is 4.01. The fourth-order valence-corrected chi connectivity index (χ4v) is 2.70. The second kappa shape index (κ2) is 7.09. The van der Waals surface area contributed by atoms with Gasteiger partial charge in [-0.2, -0.15) is 4.98 Å². The zero-order valence-corrected chi connectivity index (χ0v) is 15.0. The van der Waals surface area contributed by atoms with Crippen molar-refractivity contribution in [1.82, 2.24) is 19.9 Å². The largest absolute Gasteiger partial charge is 0.439 e. The molecule has 0 atom stereocenters. The fourth-order valence-electron chi connectivity index (χ4n) is 2.37. The Morgan fingerprint density at radius 1 is 1.12 bits per heavy atom. The van der Waals surface area contributed by atoms with E-state index in [1.807, 2.05) is 12.1 Å². The van der Waals surface area contributed by atoms with Gasteiger partial charge in [-0.15, -0.1) is 0 Å². The van der Waals surface area contributed by atoms with Crippen LogP contribution in [-0.4, -0.2) is 19.9 Å². The number of hydrogen-bond donors (Lipinski definition) is 2. The average molecular weight is 414 g/mol. The van der Waals surface area contributed by atoms with Crippen molar-refractivity contribution >= 4 is 33.0 Å². The van der Waals surface area contributed by atoms with Gasteiger partial charge in [0.1, 0.15) is 11.6 Å². The topological polar surface area (TPSA) is 75.7 Å². The van der Waals surface area contributed by atoms with Crippen molar-refractivity contribution in [3.8, 4) is 11.6 Å². The van der Waals surface area contributed by atoms with Gasteiger partial charge in [0.15, 0.2) is 5.65 Å². The maximum Gasteiger partial charge on any atom is 0.219 e. The molecule has 8 heteroatoms. The number of anilines is 1. The van der Waals surface area contributed by atoms with Gasteiger partial charge in [-0.1, -0.05) is 12.1 Å². The number of halogens is 2. The van der Waals surface area contributed by atoms with Crippen molar-refractivity contribution in [3.63, 3.8) is 0 Å². The molecule has 0 radical (unpaired) electrons. The summed E-state index contributed by atoms with van der Waals surface area (Å²) in [7, 11) is 0. The second-order valence-electron chi connectivity index (χ2n) is 5.53. The summed E-state index contributed by atoms with van der Waals surface area (Å²) in [5.74, 6) is 1.09. The van der Waals surface area contributed by atoms with Crippen molar-refractivity contribution in [2.75, 3.05) is 5.32 Å². The van der Waals surface area contributed by atoms with Crippen LogP contribution in [0.5, 0.6) is 11.6 Å². The van der Waals surface area contributed by atoms with Gasteiger partial charge in [0, 0.05) is 35.5 Å².